The van der Waals surface area contributed by atoms with Gasteiger partial charge in [-0.05, 0) is 54.1 Å². The molecule has 0 aliphatic carbocycles. The maximum absolute atomic E-state index is 12.3. The van der Waals surface area contributed by atoms with E-state index in [1.54, 1.807) is 42.5 Å². The Morgan fingerprint density at radius 1 is 1.03 bits per heavy atom. The lowest BCUT2D eigenvalue weighted by Crippen LogP contribution is -2.05. The Hall–Kier alpha value is -3.78. The van der Waals surface area contributed by atoms with Crippen molar-refractivity contribution >= 4 is 39.6 Å². The number of rotatable bonds is 6. The van der Waals surface area contributed by atoms with Crippen LogP contribution < -0.4 is 4.74 Å². The van der Waals surface area contributed by atoms with Crippen molar-refractivity contribution in [2.24, 2.45) is 4.99 Å². The normalized spacial score (nSPS) is 14.3. The zero-order valence-electron chi connectivity index (χ0n) is 16.0. The van der Waals surface area contributed by atoms with Crippen LogP contribution in [0.25, 0.3) is 6.08 Å². The van der Waals surface area contributed by atoms with E-state index in [-0.39, 0.29) is 23.9 Å². The molecule has 3 aromatic rings. The van der Waals surface area contributed by atoms with E-state index >= 15 is 0 Å². The molecule has 31 heavy (non-hydrogen) atoms. The van der Waals surface area contributed by atoms with Crippen LogP contribution in [0.4, 0.5) is 5.69 Å². The lowest BCUT2D eigenvalue weighted by Gasteiger charge is -2.09. The third kappa shape index (κ3) is 4.87. The molecule has 0 fully saturated rings. The fourth-order valence-corrected chi connectivity index (χ4v) is 3.14. The summed E-state index contributed by atoms with van der Waals surface area (Å²) in [5.74, 6) is 0.254. The molecule has 8 heteroatoms. The Labute approximate surface area is 185 Å². The Balaban J connectivity index is 1.54. The first kappa shape index (κ1) is 20.5. The number of hydrogen-bond acceptors (Lipinski definition) is 6. The van der Waals surface area contributed by atoms with Gasteiger partial charge in [0.15, 0.2) is 5.70 Å². The molecule has 1 aliphatic heterocycles. The van der Waals surface area contributed by atoms with E-state index in [0.29, 0.717) is 16.9 Å². The number of esters is 1. The second-order valence-corrected chi connectivity index (χ2v) is 7.51. The van der Waals surface area contributed by atoms with Crippen LogP contribution in [0.3, 0.4) is 0 Å². The van der Waals surface area contributed by atoms with Gasteiger partial charge in [0.1, 0.15) is 12.4 Å². The molecule has 1 heterocycles. The summed E-state index contributed by atoms with van der Waals surface area (Å²) in [6, 6.07) is 20.7. The number of ether oxygens (including phenoxy) is 2. The number of cyclic esters (lactones) is 1. The lowest BCUT2D eigenvalue weighted by molar-refractivity contribution is -0.384. The first-order valence-corrected chi connectivity index (χ1v) is 10.0. The molecule has 0 bridgehead atoms. The van der Waals surface area contributed by atoms with Gasteiger partial charge in [-0.15, -0.1) is 0 Å². The minimum absolute atomic E-state index is 0.0214. The number of nitro groups is 1. The Morgan fingerprint density at radius 2 is 1.74 bits per heavy atom. The van der Waals surface area contributed by atoms with Crippen molar-refractivity contribution in [3.63, 3.8) is 0 Å². The SMILES string of the molecule is O=C1OC(c2ccc(Br)cc2)=N/C1=C\c1ccccc1OCc1ccc([N+](=O)[O-])cc1. The van der Waals surface area contributed by atoms with E-state index in [9.17, 15) is 14.9 Å². The molecular formula is C23H15BrN2O5. The van der Waals surface area contributed by atoms with Gasteiger partial charge >= 0.3 is 5.97 Å². The van der Waals surface area contributed by atoms with E-state index in [1.807, 2.05) is 24.3 Å². The molecule has 0 unspecified atom stereocenters. The summed E-state index contributed by atoms with van der Waals surface area (Å²) in [7, 11) is 0. The number of carbonyl (C=O) groups excluding carboxylic acids is 1. The summed E-state index contributed by atoms with van der Waals surface area (Å²) in [5.41, 5.74) is 2.33. The zero-order valence-corrected chi connectivity index (χ0v) is 17.6. The van der Waals surface area contributed by atoms with Crippen LogP contribution in [-0.4, -0.2) is 16.8 Å². The van der Waals surface area contributed by atoms with Crippen molar-refractivity contribution in [2.45, 2.75) is 6.61 Å². The largest absolute Gasteiger partial charge is 0.488 e. The van der Waals surface area contributed by atoms with E-state index in [0.717, 1.165) is 10.0 Å². The third-order valence-electron chi connectivity index (χ3n) is 4.46. The first-order valence-electron chi connectivity index (χ1n) is 9.23. The van der Waals surface area contributed by atoms with Crippen molar-refractivity contribution in [1.29, 1.82) is 0 Å². The molecule has 0 saturated heterocycles. The van der Waals surface area contributed by atoms with Crippen LogP contribution in [0.2, 0.25) is 0 Å². The van der Waals surface area contributed by atoms with E-state index in [2.05, 4.69) is 20.9 Å². The van der Waals surface area contributed by atoms with Crippen LogP contribution in [0.15, 0.2) is 88.0 Å². The zero-order chi connectivity index (χ0) is 21.8. The van der Waals surface area contributed by atoms with Gasteiger partial charge in [-0.25, -0.2) is 9.79 Å². The van der Waals surface area contributed by atoms with Crippen LogP contribution in [-0.2, 0) is 16.1 Å². The summed E-state index contributed by atoms with van der Waals surface area (Å²) in [5, 5.41) is 10.8. The average Bonchev–Trinajstić information content (AvgIpc) is 3.14. The molecule has 0 amide bonds. The molecule has 154 valence electrons. The molecule has 3 aromatic carbocycles. The molecule has 0 radical (unpaired) electrons. The van der Waals surface area contributed by atoms with Gasteiger partial charge < -0.3 is 9.47 Å². The molecule has 0 atom stereocenters. The van der Waals surface area contributed by atoms with Crippen molar-refractivity contribution in [1.82, 2.24) is 0 Å². The van der Waals surface area contributed by atoms with Crippen molar-refractivity contribution < 1.29 is 19.2 Å². The third-order valence-corrected chi connectivity index (χ3v) is 4.99. The summed E-state index contributed by atoms with van der Waals surface area (Å²) >= 11 is 3.37. The van der Waals surface area contributed by atoms with Crippen LogP contribution in [0, 0.1) is 10.1 Å². The van der Waals surface area contributed by atoms with Gasteiger partial charge in [0, 0.05) is 27.7 Å². The van der Waals surface area contributed by atoms with Crippen LogP contribution in [0.1, 0.15) is 16.7 Å². The molecule has 0 aromatic heterocycles. The van der Waals surface area contributed by atoms with Gasteiger partial charge in [-0.1, -0.05) is 34.1 Å². The van der Waals surface area contributed by atoms with E-state index in [4.69, 9.17) is 9.47 Å². The minimum Gasteiger partial charge on any atom is -0.488 e. The fourth-order valence-electron chi connectivity index (χ4n) is 2.88. The van der Waals surface area contributed by atoms with E-state index < -0.39 is 10.9 Å². The van der Waals surface area contributed by atoms with Crippen molar-refractivity contribution in [2.75, 3.05) is 0 Å². The second kappa shape index (κ2) is 8.93. The minimum atomic E-state index is -0.539. The first-order chi connectivity index (χ1) is 15.0. The van der Waals surface area contributed by atoms with E-state index in [1.165, 1.54) is 12.1 Å². The number of nitro benzene ring substituents is 1. The number of para-hydroxylation sites is 1. The molecule has 0 spiro atoms. The highest BCUT2D eigenvalue weighted by molar-refractivity contribution is 9.10. The predicted octanol–water partition coefficient (Wildman–Crippen LogP) is 5.28. The van der Waals surface area contributed by atoms with Gasteiger partial charge in [0.25, 0.3) is 5.69 Å². The highest BCUT2D eigenvalue weighted by Gasteiger charge is 2.24. The average molecular weight is 479 g/mol. The number of aliphatic imine (C=N–C) groups is 1. The summed E-state index contributed by atoms with van der Waals surface area (Å²) in [6.45, 7) is 0.218. The van der Waals surface area contributed by atoms with Gasteiger partial charge in [-0.2, -0.15) is 0 Å². The highest BCUT2D eigenvalue weighted by atomic mass is 79.9. The number of benzene rings is 3. The lowest BCUT2D eigenvalue weighted by atomic mass is 10.1. The van der Waals surface area contributed by atoms with Crippen LogP contribution >= 0.6 is 15.9 Å². The molecular weight excluding hydrogens is 464 g/mol. The summed E-state index contributed by atoms with van der Waals surface area (Å²) < 4.78 is 12.1. The van der Waals surface area contributed by atoms with Gasteiger partial charge in [0.2, 0.25) is 5.90 Å². The van der Waals surface area contributed by atoms with Gasteiger partial charge in [-0.3, -0.25) is 10.1 Å². The maximum atomic E-state index is 12.3. The number of nitrogens with zero attached hydrogens (tertiary/aromatic N) is 2. The smallest absolute Gasteiger partial charge is 0.363 e. The molecule has 1 aliphatic rings. The predicted molar refractivity (Wildman–Crippen MR) is 119 cm³/mol. The van der Waals surface area contributed by atoms with Crippen molar-refractivity contribution in [3.8, 4) is 5.75 Å². The van der Waals surface area contributed by atoms with Crippen LogP contribution in [0.5, 0.6) is 5.75 Å². The maximum Gasteiger partial charge on any atom is 0.363 e. The molecule has 0 N–H and O–H groups in total. The molecule has 4 rings (SSSR count). The standard InChI is InChI=1S/C23H15BrN2O5/c24-18-9-7-16(8-10-18)22-25-20(23(27)31-22)13-17-3-1-2-4-21(17)30-14-15-5-11-19(12-6-15)26(28)29/h1-13H,14H2/b20-13-. The number of hydrogen-bond donors (Lipinski definition) is 0. The second-order valence-electron chi connectivity index (χ2n) is 6.59. The quantitative estimate of drug-likeness (QED) is 0.208. The number of halogens is 1. The highest BCUT2D eigenvalue weighted by Crippen LogP contribution is 2.26. The Bertz CT molecular complexity index is 1200. The van der Waals surface area contributed by atoms with Crippen molar-refractivity contribution in [3.05, 3.63) is 110 Å². The monoisotopic (exact) mass is 478 g/mol. The Morgan fingerprint density at radius 3 is 2.45 bits per heavy atom. The summed E-state index contributed by atoms with van der Waals surface area (Å²) in [6.07, 6.45) is 1.61. The number of carbonyl (C=O) groups is 1. The fraction of sp³-hybridized carbons (Fsp3) is 0.0435. The molecule has 0 saturated carbocycles. The van der Waals surface area contributed by atoms with Gasteiger partial charge in [0.05, 0.1) is 4.92 Å². The summed E-state index contributed by atoms with van der Waals surface area (Å²) in [4.78, 5) is 26.9. The molecule has 7 nitrogen and oxygen atoms in total. The Kier molecular flexibility index (Phi) is 5.90. The number of non-ortho nitro benzene ring substituents is 1. The topological polar surface area (TPSA) is 91.0 Å².